The van der Waals surface area contributed by atoms with Gasteiger partial charge in [-0.05, 0) is 36.8 Å². The van der Waals surface area contributed by atoms with Crippen molar-refractivity contribution in [2.45, 2.75) is 13.3 Å². The molecular formula is C15H13ClF2N2O. The number of nitrogens with two attached hydrogens (primary N) is 1. The molecule has 0 aliphatic heterocycles. The molecule has 0 fully saturated rings. The second-order valence-electron chi connectivity index (χ2n) is 4.29. The summed E-state index contributed by atoms with van der Waals surface area (Å²) in [5, 5.41) is 4.47. The van der Waals surface area contributed by atoms with Gasteiger partial charge in [-0.2, -0.15) is 0 Å². The molecule has 2 rings (SSSR count). The highest BCUT2D eigenvalue weighted by atomic mass is 35.5. The highest BCUT2D eigenvalue weighted by Gasteiger charge is 2.09. The number of rotatable bonds is 4. The zero-order chi connectivity index (χ0) is 15.4. The molecule has 0 unspecified atom stereocenters. The first-order valence-corrected chi connectivity index (χ1v) is 6.63. The van der Waals surface area contributed by atoms with Crippen LogP contribution in [0.25, 0.3) is 0 Å². The SMILES string of the molecule is CC/C(=N\Oc1ccc(F)c(F)c1)c1cc(Cl)ccc1N. The van der Waals surface area contributed by atoms with Crippen LogP contribution in [-0.4, -0.2) is 5.71 Å². The molecule has 0 aromatic heterocycles. The Morgan fingerprint density at radius 3 is 2.62 bits per heavy atom. The summed E-state index contributed by atoms with van der Waals surface area (Å²) in [7, 11) is 0. The van der Waals surface area contributed by atoms with Crippen LogP contribution in [0.15, 0.2) is 41.6 Å². The van der Waals surface area contributed by atoms with E-state index in [9.17, 15) is 8.78 Å². The summed E-state index contributed by atoms with van der Waals surface area (Å²) in [6.07, 6.45) is 0.536. The molecule has 0 spiro atoms. The fourth-order valence-electron chi connectivity index (χ4n) is 1.72. The first kappa shape index (κ1) is 15.3. The standard InChI is InChI=1S/C15H13ClF2N2O/c1-2-15(11-7-9(16)3-6-14(11)19)20-21-10-4-5-12(17)13(18)8-10/h3-8H,2,19H2,1H3/b20-15+. The fraction of sp³-hybridized carbons (Fsp3) is 0.133. The average molecular weight is 311 g/mol. The molecule has 0 atom stereocenters. The molecule has 21 heavy (non-hydrogen) atoms. The molecule has 0 saturated carbocycles. The summed E-state index contributed by atoms with van der Waals surface area (Å²) in [4.78, 5) is 5.13. The number of nitrogens with zero attached hydrogens (tertiary/aromatic N) is 1. The summed E-state index contributed by atoms with van der Waals surface area (Å²) in [5.74, 6) is -1.84. The van der Waals surface area contributed by atoms with Gasteiger partial charge in [0, 0.05) is 22.3 Å². The monoisotopic (exact) mass is 310 g/mol. The van der Waals surface area contributed by atoms with E-state index < -0.39 is 11.6 Å². The van der Waals surface area contributed by atoms with Gasteiger partial charge in [0.15, 0.2) is 17.4 Å². The Morgan fingerprint density at radius 2 is 1.95 bits per heavy atom. The smallest absolute Gasteiger partial charge is 0.162 e. The molecule has 2 N–H and O–H groups in total. The predicted octanol–water partition coefficient (Wildman–Crippen LogP) is 4.39. The van der Waals surface area contributed by atoms with E-state index in [-0.39, 0.29) is 5.75 Å². The topological polar surface area (TPSA) is 47.6 Å². The lowest BCUT2D eigenvalue weighted by Gasteiger charge is -2.08. The average Bonchev–Trinajstić information content (AvgIpc) is 2.46. The molecule has 0 radical (unpaired) electrons. The third-order valence-corrected chi connectivity index (χ3v) is 3.05. The van der Waals surface area contributed by atoms with Gasteiger partial charge < -0.3 is 10.6 Å². The van der Waals surface area contributed by atoms with Crippen molar-refractivity contribution in [3.8, 4) is 5.75 Å². The maximum Gasteiger partial charge on any atom is 0.162 e. The van der Waals surface area contributed by atoms with Crippen LogP contribution in [0.4, 0.5) is 14.5 Å². The van der Waals surface area contributed by atoms with E-state index in [1.165, 1.54) is 6.07 Å². The van der Waals surface area contributed by atoms with E-state index in [1.807, 2.05) is 6.92 Å². The number of nitrogen functional groups attached to an aromatic ring is 1. The van der Waals surface area contributed by atoms with E-state index >= 15 is 0 Å². The van der Waals surface area contributed by atoms with Crippen molar-refractivity contribution >= 4 is 23.0 Å². The van der Waals surface area contributed by atoms with Gasteiger partial charge in [0.2, 0.25) is 0 Å². The maximum atomic E-state index is 13.1. The maximum absolute atomic E-state index is 13.1. The third kappa shape index (κ3) is 3.70. The Labute approximate surface area is 126 Å². The fourth-order valence-corrected chi connectivity index (χ4v) is 1.90. The van der Waals surface area contributed by atoms with Gasteiger partial charge in [0.05, 0.1) is 5.71 Å². The summed E-state index contributed by atoms with van der Waals surface area (Å²) in [5.41, 5.74) is 7.58. The Bertz CT molecular complexity index is 689. The van der Waals surface area contributed by atoms with Crippen LogP contribution in [-0.2, 0) is 0 Å². The molecule has 0 saturated heterocycles. The summed E-state index contributed by atoms with van der Waals surface area (Å²) in [6, 6.07) is 8.20. The van der Waals surface area contributed by atoms with Crippen LogP contribution < -0.4 is 10.6 Å². The molecule has 0 heterocycles. The van der Waals surface area contributed by atoms with Crippen molar-refractivity contribution in [3.05, 3.63) is 58.6 Å². The molecule has 110 valence electrons. The minimum absolute atomic E-state index is 0.0976. The molecule has 0 aliphatic carbocycles. The molecule has 0 bridgehead atoms. The van der Waals surface area contributed by atoms with Crippen LogP contribution in [0.3, 0.4) is 0 Å². The van der Waals surface area contributed by atoms with E-state index in [2.05, 4.69) is 5.16 Å². The van der Waals surface area contributed by atoms with Crippen molar-refractivity contribution in [3.63, 3.8) is 0 Å². The van der Waals surface area contributed by atoms with Gasteiger partial charge in [0.1, 0.15) is 0 Å². The summed E-state index contributed by atoms with van der Waals surface area (Å²) in [6.45, 7) is 1.87. The Kier molecular flexibility index (Phi) is 4.75. The molecular weight excluding hydrogens is 298 g/mol. The van der Waals surface area contributed by atoms with E-state index in [1.54, 1.807) is 18.2 Å². The van der Waals surface area contributed by atoms with Gasteiger partial charge in [-0.1, -0.05) is 23.7 Å². The Morgan fingerprint density at radius 1 is 1.19 bits per heavy atom. The summed E-state index contributed by atoms with van der Waals surface area (Å²) < 4.78 is 25.9. The number of halogens is 3. The Balaban J connectivity index is 2.28. The van der Waals surface area contributed by atoms with Crippen LogP contribution in [0.1, 0.15) is 18.9 Å². The van der Waals surface area contributed by atoms with Crippen molar-refractivity contribution in [1.29, 1.82) is 0 Å². The number of hydrogen-bond acceptors (Lipinski definition) is 3. The van der Waals surface area contributed by atoms with Crippen LogP contribution in [0.5, 0.6) is 5.75 Å². The van der Waals surface area contributed by atoms with Gasteiger partial charge in [-0.15, -0.1) is 0 Å². The van der Waals surface area contributed by atoms with Crippen molar-refractivity contribution in [2.24, 2.45) is 5.16 Å². The lowest BCUT2D eigenvalue weighted by atomic mass is 10.1. The van der Waals surface area contributed by atoms with E-state index in [0.717, 1.165) is 12.1 Å². The quantitative estimate of drug-likeness (QED) is 0.517. The van der Waals surface area contributed by atoms with Crippen molar-refractivity contribution in [1.82, 2.24) is 0 Å². The summed E-state index contributed by atoms with van der Waals surface area (Å²) >= 11 is 5.93. The lowest BCUT2D eigenvalue weighted by Crippen LogP contribution is -2.06. The first-order chi connectivity index (χ1) is 10.0. The van der Waals surface area contributed by atoms with Crippen LogP contribution >= 0.6 is 11.6 Å². The zero-order valence-electron chi connectivity index (χ0n) is 11.2. The normalized spacial score (nSPS) is 11.5. The van der Waals surface area contributed by atoms with E-state index in [0.29, 0.717) is 28.4 Å². The minimum Gasteiger partial charge on any atom is -0.398 e. The third-order valence-electron chi connectivity index (χ3n) is 2.81. The molecule has 2 aromatic rings. The van der Waals surface area contributed by atoms with Crippen molar-refractivity contribution in [2.75, 3.05) is 5.73 Å². The van der Waals surface area contributed by atoms with Gasteiger partial charge >= 0.3 is 0 Å². The molecule has 2 aromatic carbocycles. The van der Waals surface area contributed by atoms with Crippen LogP contribution in [0, 0.1) is 11.6 Å². The number of oxime groups is 1. The van der Waals surface area contributed by atoms with E-state index in [4.69, 9.17) is 22.2 Å². The molecule has 6 heteroatoms. The van der Waals surface area contributed by atoms with Gasteiger partial charge in [-0.3, -0.25) is 0 Å². The minimum atomic E-state index is -0.997. The Hall–Kier alpha value is -2.14. The number of benzene rings is 2. The number of anilines is 1. The highest BCUT2D eigenvalue weighted by Crippen LogP contribution is 2.21. The zero-order valence-corrected chi connectivity index (χ0v) is 12.0. The molecule has 0 amide bonds. The van der Waals surface area contributed by atoms with Gasteiger partial charge in [-0.25, -0.2) is 8.78 Å². The van der Waals surface area contributed by atoms with Gasteiger partial charge in [0.25, 0.3) is 0 Å². The lowest BCUT2D eigenvalue weighted by molar-refractivity contribution is 0.336. The van der Waals surface area contributed by atoms with Crippen LogP contribution in [0.2, 0.25) is 5.02 Å². The molecule has 0 aliphatic rings. The predicted molar refractivity (Wildman–Crippen MR) is 79.7 cm³/mol. The first-order valence-electron chi connectivity index (χ1n) is 6.25. The second-order valence-corrected chi connectivity index (χ2v) is 4.73. The van der Waals surface area contributed by atoms with Crippen molar-refractivity contribution < 1.29 is 13.6 Å². The number of hydrogen-bond donors (Lipinski definition) is 1. The largest absolute Gasteiger partial charge is 0.398 e. The molecule has 3 nitrogen and oxygen atoms in total. The second kappa shape index (κ2) is 6.54. The highest BCUT2D eigenvalue weighted by molar-refractivity contribution is 6.31.